The normalized spacial score (nSPS) is 19.2. The molecular formula is C11H23ClN2O3S. The van der Waals surface area contributed by atoms with E-state index in [-0.39, 0.29) is 29.8 Å². The highest BCUT2D eigenvalue weighted by Gasteiger charge is 2.38. The summed E-state index contributed by atoms with van der Waals surface area (Å²) in [4.78, 5) is 14.0. The van der Waals surface area contributed by atoms with Gasteiger partial charge in [-0.2, -0.15) is 0 Å². The number of hydrogen-bond acceptors (Lipinski definition) is 4. The number of sulfone groups is 1. The first kappa shape index (κ1) is 17.7. The lowest BCUT2D eigenvalue weighted by Gasteiger charge is -2.36. The zero-order valence-electron chi connectivity index (χ0n) is 11.0. The molecule has 1 saturated heterocycles. The molecule has 0 bridgehead atoms. The number of carbonyl (C=O) groups is 1. The number of nitrogens with zero attached hydrogens (tertiary/aromatic N) is 1. The van der Waals surface area contributed by atoms with Crippen molar-refractivity contribution in [2.45, 2.75) is 26.7 Å². The lowest BCUT2D eigenvalue weighted by atomic mass is 9.81. The minimum Gasteiger partial charge on any atom is -0.340 e. The molecule has 1 fully saturated rings. The van der Waals surface area contributed by atoms with Crippen LogP contribution in [0.15, 0.2) is 0 Å². The lowest BCUT2D eigenvalue weighted by molar-refractivity contribution is -0.141. The number of rotatable bonds is 4. The molecule has 108 valence electrons. The van der Waals surface area contributed by atoms with Crippen LogP contribution in [0, 0.1) is 5.41 Å². The summed E-state index contributed by atoms with van der Waals surface area (Å²) in [5.41, 5.74) is 5.21. The molecule has 0 atom stereocenters. The highest BCUT2D eigenvalue weighted by atomic mass is 35.5. The van der Waals surface area contributed by atoms with Crippen LogP contribution in [0.1, 0.15) is 26.7 Å². The Morgan fingerprint density at radius 2 is 1.67 bits per heavy atom. The van der Waals surface area contributed by atoms with Crippen LogP contribution in [0.5, 0.6) is 0 Å². The highest BCUT2D eigenvalue weighted by Crippen LogP contribution is 2.28. The first-order valence-electron chi connectivity index (χ1n) is 6.10. The van der Waals surface area contributed by atoms with Gasteiger partial charge in [-0.1, -0.05) is 13.8 Å². The second-order valence-corrected chi connectivity index (χ2v) is 6.94. The molecule has 0 aromatic heterocycles. The highest BCUT2D eigenvalue weighted by molar-refractivity contribution is 7.91. The van der Waals surface area contributed by atoms with Crippen molar-refractivity contribution in [3.63, 3.8) is 0 Å². The topological polar surface area (TPSA) is 80.5 Å². The average Bonchev–Trinajstić information content (AvgIpc) is 2.32. The molecule has 1 heterocycles. The van der Waals surface area contributed by atoms with E-state index in [0.717, 1.165) is 0 Å². The third kappa shape index (κ3) is 3.59. The second kappa shape index (κ2) is 6.73. The summed E-state index contributed by atoms with van der Waals surface area (Å²) < 4.78 is 22.6. The molecule has 5 nitrogen and oxygen atoms in total. The molecule has 1 amide bonds. The van der Waals surface area contributed by atoms with Crippen molar-refractivity contribution in [2.75, 3.05) is 31.1 Å². The Balaban J connectivity index is 0.00000289. The van der Waals surface area contributed by atoms with Gasteiger partial charge in [-0.25, -0.2) is 8.42 Å². The smallest absolute Gasteiger partial charge is 0.230 e. The van der Waals surface area contributed by atoms with Gasteiger partial charge in [0.05, 0.1) is 16.9 Å². The third-order valence-corrected chi connectivity index (χ3v) is 5.44. The van der Waals surface area contributed by atoms with E-state index in [1.807, 2.05) is 13.8 Å². The van der Waals surface area contributed by atoms with Crippen LogP contribution >= 0.6 is 12.4 Å². The predicted molar refractivity (Wildman–Crippen MR) is 74.6 cm³/mol. The summed E-state index contributed by atoms with van der Waals surface area (Å²) in [6, 6.07) is 0. The molecule has 0 spiro atoms. The van der Waals surface area contributed by atoms with Gasteiger partial charge in [0.15, 0.2) is 9.84 Å². The van der Waals surface area contributed by atoms with E-state index in [9.17, 15) is 13.2 Å². The van der Waals surface area contributed by atoms with Crippen LogP contribution in [0.4, 0.5) is 0 Å². The van der Waals surface area contributed by atoms with Crippen molar-refractivity contribution in [3.8, 4) is 0 Å². The predicted octanol–water partition coefficient (Wildman–Crippen LogP) is 0.430. The van der Waals surface area contributed by atoms with Gasteiger partial charge in [-0.05, 0) is 12.8 Å². The van der Waals surface area contributed by atoms with Crippen LogP contribution in [-0.4, -0.2) is 50.4 Å². The average molecular weight is 299 g/mol. The Bertz CT molecular complexity index is 357. The van der Waals surface area contributed by atoms with Gasteiger partial charge in [0.1, 0.15) is 0 Å². The minimum absolute atomic E-state index is 0. The van der Waals surface area contributed by atoms with Crippen molar-refractivity contribution >= 4 is 28.2 Å². The molecule has 0 aliphatic carbocycles. The molecular weight excluding hydrogens is 276 g/mol. The van der Waals surface area contributed by atoms with Crippen LogP contribution in [0.25, 0.3) is 0 Å². The molecule has 0 aromatic carbocycles. The Hall–Kier alpha value is -0.330. The molecule has 1 aliphatic heterocycles. The van der Waals surface area contributed by atoms with E-state index >= 15 is 0 Å². The SMILES string of the molecule is CCC(CC)(CN)C(=O)N1CCS(=O)(=O)CC1.Cl. The van der Waals surface area contributed by atoms with Crippen LogP contribution in [0.2, 0.25) is 0 Å². The third-order valence-electron chi connectivity index (χ3n) is 3.83. The van der Waals surface area contributed by atoms with Gasteiger partial charge >= 0.3 is 0 Å². The molecule has 0 aromatic rings. The van der Waals surface area contributed by atoms with E-state index in [1.165, 1.54) is 0 Å². The van der Waals surface area contributed by atoms with E-state index in [4.69, 9.17) is 5.73 Å². The Morgan fingerprint density at radius 1 is 1.22 bits per heavy atom. The zero-order valence-corrected chi connectivity index (χ0v) is 12.6. The molecule has 0 radical (unpaired) electrons. The Labute approximate surface area is 115 Å². The second-order valence-electron chi connectivity index (χ2n) is 4.64. The van der Waals surface area contributed by atoms with Gasteiger partial charge in [-0.3, -0.25) is 4.79 Å². The number of halogens is 1. The summed E-state index contributed by atoms with van der Waals surface area (Å²) in [6.45, 7) is 4.85. The number of hydrogen-bond donors (Lipinski definition) is 1. The fourth-order valence-corrected chi connectivity index (χ4v) is 3.38. The molecule has 1 rings (SSSR count). The van der Waals surface area contributed by atoms with Crippen LogP contribution in [-0.2, 0) is 14.6 Å². The summed E-state index contributed by atoms with van der Waals surface area (Å²) in [7, 11) is -2.94. The van der Waals surface area contributed by atoms with Crippen LogP contribution < -0.4 is 5.73 Å². The van der Waals surface area contributed by atoms with Crippen molar-refractivity contribution in [1.82, 2.24) is 4.90 Å². The lowest BCUT2D eigenvalue weighted by Crippen LogP contribution is -2.52. The fourth-order valence-electron chi connectivity index (χ4n) is 2.18. The van der Waals surface area contributed by atoms with Crippen molar-refractivity contribution in [1.29, 1.82) is 0 Å². The minimum atomic E-state index is -2.94. The standard InChI is InChI=1S/C11H22N2O3S.ClH/c1-3-11(4-2,9-12)10(14)13-5-7-17(15,16)8-6-13;/h3-9,12H2,1-2H3;1H. The van der Waals surface area contributed by atoms with E-state index in [0.29, 0.717) is 32.5 Å². The number of carbonyl (C=O) groups excluding carboxylic acids is 1. The first-order valence-corrected chi connectivity index (χ1v) is 7.93. The van der Waals surface area contributed by atoms with Gasteiger partial charge in [0.25, 0.3) is 0 Å². The summed E-state index contributed by atoms with van der Waals surface area (Å²) in [6.07, 6.45) is 1.39. The molecule has 0 unspecified atom stereocenters. The van der Waals surface area contributed by atoms with Gasteiger partial charge in [0, 0.05) is 19.6 Å². The van der Waals surface area contributed by atoms with Crippen LogP contribution in [0.3, 0.4) is 0 Å². The van der Waals surface area contributed by atoms with E-state index in [1.54, 1.807) is 4.90 Å². The number of nitrogens with two attached hydrogens (primary N) is 1. The van der Waals surface area contributed by atoms with Crippen molar-refractivity contribution < 1.29 is 13.2 Å². The molecule has 7 heteroatoms. The van der Waals surface area contributed by atoms with Gasteiger partial charge in [0.2, 0.25) is 5.91 Å². The van der Waals surface area contributed by atoms with E-state index < -0.39 is 15.3 Å². The first-order chi connectivity index (χ1) is 7.90. The maximum Gasteiger partial charge on any atom is 0.230 e. The largest absolute Gasteiger partial charge is 0.340 e. The zero-order chi connectivity index (χ0) is 13.1. The molecule has 18 heavy (non-hydrogen) atoms. The molecule has 2 N–H and O–H groups in total. The summed E-state index contributed by atoms with van der Waals surface area (Å²) >= 11 is 0. The van der Waals surface area contributed by atoms with E-state index in [2.05, 4.69) is 0 Å². The maximum atomic E-state index is 12.4. The van der Waals surface area contributed by atoms with Gasteiger partial charge in [-0.15, -0.1) is 12.4 Å². The molecule has 0 saturated carbocycles. The maximum absolute atomic E-state index is 12.4. The Morgan fingerprint density at radius 3 is 2.00 bits per heavy atom. The quantitative estimate of drug-likeness (QED) is 0.816. The Kier molecular flexibility index (Phi) is 6.60. The van der Waals surface area contributed by atoms with Crippen molar-refractivity contribution in [2.24, 2.45) is 11.1 Å². The summed E-state index contributed by atoms with van der Waals surface area (Å²) in [5.74, 6) is 0.166. The fraction of sp³-hybridized carbons (Fsp3) is 0.909. The van der Waals surface area contributed by atoms with Crippen molar-refractivity contribution in [3.05, 3.63) is 0 Å². The number of amides is 1. The molecule has 1 aliphatic rings. The summed E-state index contributed by atoms with van der Waals surface area (Å²) in [5, 5.41) is 0. The monoisotopic (exact) mass is 298 g/mol. The van der Waals surface area contributed by atoms with Gasteiger partial charge < -0.3 is 10.6 Å².